The fraction of sp³-hybridized carbons (Fsp3) is 0.214. The highest BCUT2D eigenvalue weighted by Gasteiger charge is 2.09. The Hall–Kier alpha value is -1.55. The van der Waals surface area contributed by atoms with E-state index in [0.717, 1.165) is 33.3 Å². The number of hydrogen-bond donors (Lipinski definition) is 1. The average molecular weight is 307 g/mol. The number of nitrogen functional groups attached to an aromatic ring is 1. The third-order valence-electron chi connectivity index (χ3n) is 2.94. The van der Waals surface area contributed by atoms with E-state index in [1.165, 1.54) is 0 Å². The fourth-order valence-electron chi connectivity index (χ4n) is 1.84. The Bertz CT molecular complexity index is 549. The third-order valence-corrected chi connectivity index (χ3v) is 3.72. The molecule has 2 rings (SSSR count). The number of ether oxygens (including phenoxy) is 1. The standard InChI is InChI=1S/C14H15BrN2O/c1-9-5-6-17-14(16)12(9)8-10-7-11(18-2)3-4-13(10)15/h3-7H,8H2,1-2H3,(H2,16,17). The van der Waals surface area contributed by atoms with Gasteiger partial charge in [0.25, 0.3) is 0 Å². The van der Waals surface area contributed by atoms with Gasteiger partial charge in [-0.2, -0.15) is 0 Å². The van der Waals surface area contributed by atoms with Crippen LogP contribution >= 0.6 is 15.9 Å². The summed E-state index contributed by atoms with van der Waals surface area (Å²) in [5.74, 6) is 1.43. The Kier molecular flexibility index (Phi) is 3.87. The van der Waals surface area contributed by atoms with Crippen LogP contribution in [0.3, 0.4) is 0 Å². The molecule has 0 aliphatic heterocycles. The highest BCUT2D eigenvalue weighted by Crippen LogP contribution is 2.27. The summed E-state index contributed by atoms with van der Waals surface area (Å²) in [6, 6.07) is 7.89. The highest BCUT2D eigenvalue weighted by atomic mass is 79.9. The molecule has 0 unspecified atom stereocenters. The molecule has 2 aromatic rings. The molecule has 0 bridgehead atoms. The first kappa shape index (κ1) is 12.9. The van der Waals surface area contributed by atoms with Gasteiger partial charge in [-0.05, 0) is 42.3 Å². The van der Waals surface area contributed by atoms with E-state index >= 15 is 0 Å². The minimum absolute atomic E-state index is 0.588. The molecule has 0 spiro atoms. The molecule has 1 heterocycles. The van der Waals surface area contributed by atoms with Crippen LogP contribution in [0.15, 0.2) is 34.9 Å². The van der Waals surface area contributed by atoms with Crippen LogP contribution in [0.2, 0.25) is 0 Å². The highest BCUT2D eigenvalue weighted by molar-refractivity contribution is 9.10. The normalized spacial score (nSPS) is 10.4. The summed E-state index contributed by atoms with van der Waals surface area (Å²) in [5.41, 5.74) is 9.28. The molecule has 0 radical (unpaired) electrons. The lowest BCUT2D eigenvalue weighted by Gasteiger charge is -2.11. The summed E-state index contributed by atoms with van der Waals surface area (Å²) in [6.07, 6.45) is 2.47. The van der Waals surface area contributed by atoms with Crippen LogP contribution in [0.25, 0.3) is 0 Å². The van der Waals surface area contributed by atoms with Crippen molar-refractivity contribution in [2.24, 2.45) is 0 Å². The molecule has 4 heteroatoms. The van der Waals surface area contributed by atoms with Crippen molar-refractivity contribution in [3.05, 3.63) is 51.6 Å². The average Bonchev–Trinajstić information content (AvgIpc) is 2.36. The van der Waals surface area contributed by atoms with Gasteiger partial charge in [0, 0.05) is 22.7 Å². The zero-order valence-corrected chi connectivity index (χ0v) is 12.0. The van der Waals surface area contributed by atoms with Gasteiger partial charge in [0.2, 0.25) is 0 Å². The van der Waals surface area contributed by atoms with Crippen molar-refractivity contribution in [3.63, 3.8) is 0 Å². The van der Waals surface area contributed by atoms with Crippen LogP contribution in [0.4, 0.5) is 5.82 Å². The van der Waals surface area contributed by atoms with Gasteiger partial charge in [-0.15, -0.1) is 0 Å². The lowest BCUT2D eigenvalue weighted by atomic mass is 10.0. The maximum Gasteiger partial charge on any atom is 0.127 e. The van der Waals surface area contributed by atoms with Crippen molar-refractivity contribution < 1.29 is 4.74 Å². The number of aryl methyl sites for hydroxylation is 1. The molecule has 2 N–H and O–H groups in total. The number of nitrogens with two attached hydrogens (primary N) is 1. The molecule has 18 heavy (non-hydrogen) atoms. The fourth-order valence-corrected chi connectivity index (χ4v) is 2.23. The van der Waals surface area contributed by atoms with Crippen molar-refractivity contribution in [2.75, 3.05) is 12.8 Å². The predicted octanol–water partition coefficient (Wildman–Crippen LogP) is 3.33. The molecule has 1 aromatic carbocycles. The van der Waals surface area contributed by atoms with Gasteiger partial charge in [-0.1, -0.05) is 15.9 Å². The molecule has 0 amide bonds. The number of benzene rings is 1. The van der Waals surface area contributed by atoms with E-state index in [2.05, 4.69) is 20.9 Å². The van der Waals surface area contributed by atoms with Crippen LogP contribution in [0.1, 0.15) is 16.7 Å². The number of hydrogen-bond acceptors (Lipinski definition) is 3. The molecule has 94 valence electrons. The van der Waals surface area contributed by atoms with Gasteiger partial charge in [0.1, 0.15) is 11.6 Å². The lowest BCUT2D eigenvalue weighted by molar-refractivity contribution is 0.414. The Morgan fingerprint density at radius 3 is 2.78 bits per heavy atom. The summed E-state index contributed by atoms with van der Waals surface area (Å²) < 4.78 is 6.29. The topological polar surface area (TPSA) is 48.1 Å². The zero-order chi connectivity index (χ0) is 13.1. The number of nitrogens with zero attached hydrogens (tertiary/aromatic N) is 1. The number of anilines is 1. The second kappa shape index (κ2) is 5.40. The molecule has 0 saturated carbocycles. The van der Waals surface area contributed by atoms with Crippen LogP contribution in [0.5, 0.6) is 5.75 Å². The maximum absolute atomic E-state index is 5.93. The van der Waals surface area contributed by atoms with Gasteiger partial charge in [-0.25, -0.2) is 4.98 Å². The van der Waals surface area contributed by atoms with Crippen LogP contribution in [-0.4, -0.2) is 12.1 Å². The molecule has 0 aliphatic carbocycles. The van der Waals surface area contributed by atoms with Crippen molar-refractivity contribution in [3.8, 4) is 5.75 Å². The first-order valence-electron chi connectivity index (χ1n) is 5.64. The van der Waals surface area contributed by atoms with Gasteiger partial charge < -0.3 is 10.5 Å². The lowest BCUT2D eigenvalue weighted by Crippen LogP contribution is -2.01. The van der Waals surface area contributed by atoms with E-state index in [4.69, 9.17) is 10.5 Å². The summed E-state index contributed by atoms with van der Waals surface area (Å²) in [6.45, 7) is 2.04. The first-order chi connectivity index (χ1) is 8.61. The van der Waals surface area contributed by atoms with E-state index in [0.29, 0.717) is 5.82 Å². The van der Waals surface area contributed by atoms with Crippen molar-refractivity contribution in [2.45, 2.75) is 13.3 Å². The number of rotatable bonds is 3. The second-order valence-electron chi connectivity index (χ2n) is 4.13. The van der Waals surface area contributed by atoms with E-state index < -0.39 is 0 Å². The Morgan fingerprint density at radius 1 is 1.33 bits per heavy atom. The van der Waals surface area contributed by atoms with Crippen LogP contribution in [-0.2, 0) is 6.42 Å². The van der Waals surface area contributed by atoms with E-state index in [9.17, 15) is 0 Å². The summed E-state index contributed by atoms with van der Waals surface area (Å²) in [5, 5.41) is 0. The summed E-state index contributed by atoms with van der Waals surface area (Å²) in [7, 11) is 1.66. The van der Waals surface area contributed by atoms with Gasteiger partial charge in [-0.3, -0.25) is 0 Å². The molecular weight excluding hydrogens is 292 g/mol. The Balaban J connectivity index is 2.39. The maximum atomic E-state index is 5.93. The third kappa shape index (κ3) is 2.64. The van der Waals surface area contributed by atoms with Gasteiger partial charge >= 0.3 is 0 Å². The predicted molar refractivity (Wildman–Crippen MR) is 76.9 cm³/mol. The van der Waals surface area contributed by atoms with Crippen molar-refractivity contribution in [1.29, 1.82) is 0 Å². The largest absolute Gasteiger partial charge is 0.497 e. The van der Waals surface area contributed by atoms with Crippen molar-refractivity contribution >= 4 is 21.7 Å². The first-order valence-corrected chi connectivity index (χ1v) is 6.43. The van der Waals surface area contributed by atoms with E-state index in [-0.39, 0.29) is 0 Å². The number of pyridine rings is 1. The Labute approximate surface area is 115 Å². The SMILES string of the molecule is COc1ccc(Br)c(Cc2c(C)ccnc2N)c1. The minimum Gasteiger partial charge on any atom is -0.497 e. The van der Waals surface area contributed by atoms with Crippen LogP contribution < -0.4 is 10.5 Å². The number of halogens is 1. The quantitative estimate of drug-likeness (QED) is 0.946. The van der Waals surface area contributed by atoms with Gasteiger partial charge in [0.05, 0.1) is 7.11 Å². The van der Waals surface area contributed by atoms with E-state index in [1.807, 2.05) is 31.2 Å². The molecular formula is C14H15BrN2O. The smallest absolute Gasteiger partial charge is 0.127 e. The van der Waals surface area contributed by atoms with E-state index in [1.54, 1.807) is 13.3 Å². The van der Waals surface area contributed by atoms with Gasteiger partial charge in [0.15, 0.2) is 0 Å². The molecule has 0 aliphatic rings. The molecule has 1 aromatic heterocycles. The number of aromatic nitrogens is 1. The molecule has 0 saturated heterocycles. The minimum atomic E-state index is 0.588. The zero-order valence-electron chi connectivity index (χ0n) is 10.4. The van der Waals surface area contributed by atoms with Crippen LogP contribution in [0, 0.1) is 6.92 Å². The monoisotopic (exact) mass is 306 g/mol. The summed E-state index contributed by atoms with van der Waals surface area (Å²) >= 11 is 3.55. The Morgan fingerprint density at radius 2 is 2.11 bits per heavy atom. The second-order valence-corrected chi connectivity index (χ2v) is 4.98. The van der Waals surface area contributed by atoms with Crippen molar-refractivity contribution in [1.82, 2.24) is 4.98 Å². The molecule has 3 nitrogen and oxygen atoms in total. The molecule has 0 atom stereocenters. The molecule has 0 fully saturated rings. The summed E-state index contributed by atoms with van der Waals surface area (Å²) in [4.78, 5) is 4.14. The number of methoxy groups -OCH3 is 1.